The lowest BCUT2D eigenvalue weighted by molar-refractivity contribution is 0.245. The van der Waals surface area contributed by atoms with E-state index < -0.39 is 0 Å². The molecule has 0 aliphatic carbocycles. The molecule has 4 rings (SSSR count). The number of nitriles is 1. The van der Waals surface area contributed by atoms with E-state index in [1.807, 2.05) is 60.8 Å². The molecule has 0 saturated carbocycles. The Morgan fingerprint density at radius 2 is 1.85 bits per heavy atom. The van der Waals surface area contributed by atoms with Gasteiger partial charge in [0.05, 0.1) is 17.5 Å². The second-order valence-corrected chi connectivity index (χ2v) is 9.42. The number of nitrogens with one attached hydrogen (secondary N) is 1. The van der Waals surface area contributed by atoms with E-state index in [0.717, 1.165) is 48.2 Å². The van der Waals surface area contributed by atoms with Crippen molar-refractivity contribution < 1.29 is 4.79 Å². The fourth-order valence-corrected chi connectivity index (χ4v) is 4.36. The molecule has 8 heteroatoms. The molecular formula is C32H33N7O. The van der Waals surface area contributed by atoms with Crippen molar-refractivity contribution in [1.29, 1.82) is 5.26 Å². The van der Waals surface area contributed by atoms with Crippen LogP contribution in [0.5, 0.6) is 0 Å². The Labute approximate surface area is 235 Å². The molecule has 2 heterocycles. The molecular weight excluding hydrogens is 498 g/mol. The van der Waals surface area contributed by atoms with E-state index in [2.05, 4.69) is 38.3 Å². The third kappa shape index (κ3) is 8.30. The van der Waals surface area contributed by atoms with Crippen LogP contribution in [0.4, 0.5) is 16.3 Å². The van der Waals surface area contributed by atoms with Gasteiger partial charge < -0.3 is 5.32 Å². The van der Waals surface area contributed by atoms with Crippen molar-refractivity contribution in [3.05, 3.63) is 103 Å². The van der Waals surface area contributed by atoms with E-state index in [0.29, 0.717) is 24.5 Å². The molecule has 0 aliphatic rings. The number of aromatic nitrogens is 3. The van der Waals surface area contributed by atoms with Gasteiger partial charge in [-0.25, -0.2) is 14.8 Å². The lowest BCUT2D eigenvalue weighted by atomic mass is 9.99. The van der Waals surface area contributed by atoms with Crippen LogP contribution in [0.25, 0.3) is 11.3 Å². The first-order chi connectivity index (χ1) is 19.7. The molecule has 0 spiro atoms. The normalized spacial score (nSPS) is 11.6. The largest absolute Gasteiger partial charge is 0.334 e. The number of hydrogen-bond donors (Lipinski definition) is 1. The van der Waals surface area contributed by atoms with Crippen LogP contribution in [0.3, 0.4) is 0 Å². The Morgan fingerprint density at radius 1 is 1.02 bits per heavy atom. The smallest absolute Gasteiger partial charge is 0.322 e. The molecule has 2 aromatic heterocycles. The predicted octanol–water partition coefficient (Wildman–Crippen LogP) is 6.73. The van der Waals surface area contributed by atoms with Crippen molar-refractivity contribution in [1.82, 2.24) is 20.3 Å². The summed E-state index contributed by atoms with van der Waals surface area (Å²) >= 11 is 0. The molecule has 4 aromatic rings. The molecule has 40 heavy (non-hydrogen) atoms. The van der Waals surface area contributed by atoms with Crippen molar-refractivity contribution in [3.63, 3.8) is 0 Å². The van der Waals surface area contributed by atoms with Gasteiger partial charge in [-0.3, -0.25) is 14.9 Å². The maximum absolute atomic E-state index is 13.4. The van der Waals surface area contributed by atoms with E-state index in [-0.39, 0.29) is 11.9 Å². The number of rotatable bonds is 12. The van der Waals surface area contributed by atoms with Crippen LogP contribution in [0.2, 0.25) is 0 Å². The van der Waals surface area contributed by atoms with Crippen molar-refractivity contribution in [3.8, 4) is 17.3 Å². The Balaban J connectivity index is 1.44. The minimum absolute atomic E-state index is 0.140. The van der Waals surface area contributed by atoms with Crippen LogP contribution >= 0.6 is 0 Å². The fourth-order valence-electron chi connectivity index (χ4n) is 4.36. The summed E-state index contributed by atoms with van der Waals surface area (Å²) in [6.45, 7) is 3.17. The minimum Gasteiger partial charge on any atom is -0.334 e. The minimum atomic E-state index is -0.140. The van der Waals surface area contributed by atoms with E-state index >= 15 is 0 Å². The monoisotopic (exact) mass is 531 g/mol. The summed E-state index contributed by atoms with van der Waals surface area (Å²) in [7, 11) is 0. The Morgan fingerprint density at radius 3 is 2.52 bits per heavy atom. The molecule has 0 aliphatic heterocycles. The lowest BCUT2D eigenvalue weighted by Gasteiger charge is -2.24. The SMILES string of the molecule is CCCC(/C=N\c1ccc(C#N)cn1)CCCN(C(=O)NCc1ccccc1)c1ccc(-c2cnccn2)cc1. The zero-order valence-electron chi connectivity index (χ0n) is 22.6. The highest BCUT2D eigenvalue weighted by atomic mass is 16.2. The first kappa shape index (κ1) is 28.1. The Hall–Kier alpha value is -4.90. The van der Waals surface area contributed by atoms with Crippen LogP contribution in [0, 0.1) is 17.2 Å². The van der Waals surface area contributed by atoms with Crippen molar-refractivity contribution in [2.45, 2.75) is 39.2 Å². The van der Waals surface area contributed by atoms with Gasteiger partial charge in [-0.05, 0) is 55.0 Å². The third-order valence-corrected chi connectivity index (χ3v) is 6.48. The molecule has 1 unspecified atom stereocenters. The number of carbonyl (C=O) groups is 1. The highest BCUT2D eigenvalue weighted by Crippen LogP contribution is 2.23. The molecule has 0 radical (unpaired) electrons. The molecule has 0 fully saturated rings. The molecule has 2 aromatic carbocycles. The van der Waals surface area contributed by atoms with Gasteiger partial charge in [-0.15, -0.1) is 0 Å². The summed E-state index contributed by atoms with van der Waals surface area (Å²) in [4.78, 5) is 32.5. The third-order valence-electron chi connectivity index (χ3n) is 6.48. The number of anilines is 1. The van der Waals surface area contributed by atoms with Crippen molar-refractivity contribution in [2.24, 2.45) is 10.9 Å². The maximum Gasteiger partial charge on any atom is 0.322 e. The van der Waals surface area contributed by atoms with E-state index in [1.54, 1.807) is 35.6 Å². The zero-order valence-corrected chi connectivity index (χ0v) is 22.6. The summed E-state index contributed by atoms with van der Waals surface area (Å²) < 4.78 is 0. The number of amides is 2. The summed E-state index contributed by atoms with van der Waals surface area (Å²) in [6, 6.07) is 23.1. The van der Waals surface area contributed by atoms with Crippen LogP contribution < -0.4 is 10.2 Å². The number of aliphatic imine (C=N–C) groups is 1. The average Bonchev–Trinajstić information content (AvgIpc) is 3.02. The second kappa shape index (κ2) is 14.9. The van der Waals surface area contributed by atoms with Crippen LogP contribution in [0.1, 0.15) is 43.7 Å². The second-order valence-electron chi connectivity index (χ2n) is 9.42. The number of carbonyl (C=O) groups excluding carboxylic acids is 1. The molecule has 202 valence electrons. The first-order valence-corrected chi connectivity index (χ1v) is 13.5. The number of pyridine rings is 1. The molecule has 1 atom stereocenters. The fraction of sp³-hybridized carbons (Fsp3) is 0.250. The van der Waals surface area contributed by atoms with Crippen LogP contribution in [-0.4, -0.2) is 33.7 Å². The van der Waals surface area contributed by atoms with Gasteiger partial charge >= 0.3 is 6.03 Å². The summed E-state index contributed by atoms with van der Waals surface area (Å²) in [5, 5.41) is 12.0. The summed E-state index contributed by atoms with van der Waals surface area (Å²) in [5.74, 6) is 0.848. The molecule has 0 saturated heterocycles. The molecule has 1 N–H and O–H groups in total. The summed E-state index contributed by atoms with van der Waals surface area (Å²) in [5.41, 5.74) is 4.11. The van der Waals surface area contributed by atoms with Crippen LogP contribution in [-0.2, 0) is 6.54 Å². The highest BCUT2D eigenvalue weighted by molar-refractivity contribution is 5.92. The number of benzene rings is 2. The number of urea groups is 1. The summed E-state index contributed by atoms with van der Waals surface area (Å²) in [6.07, 6.45) is 12.2. The number of hydrogen-bond acceptors (Lipinski definition) is 6. The Kier molecular flexibility index (Phi) is 10.5. The maximum atomic E-state index is 13.4. The van der Waals surface area contributed by atoms with Gasteiger partial charge in [0, 0.05) is 49.1 Å². The van der Waals surface area contributed by atoms with Gasteiger partial charge in [0.15, 0.2) is 5.82 Å². The van der Waals surface area contributed by atoms with E-state index in [1.165, 1.54) is 6.20 Å². The average molecular weight is 532 g/mol. The number of nitrogens with zero attached hydrogens (tertiary/aromatic N) is 6. The Bertz CT molecular complexity index is 1400. The standard InChI is InChI=1S/C32H33N7O/c1-2-7-25(21-36-31-16-11-27(20-33)23-37-31)10-6-19-39(32(40)38-22-26-8-4-3-5-9-26)29-14-12-28(13-15-29)30-24-34-17-18-35-30/h3-5,8-9,11-18,21,23-25H,2,6-7,10,19,22H2,1H3,(H,38,40)/b36-21-. The quantitative estimate of drug-likeness (QED) is 0.204. The molecule has 8 nitrogen and oxygen atoms in total. The van der Waals surface area contributed by atoms with Gasteiger partial charge in [-0.2, -0.15) is 5.26 Å². The van der Waals surface area contributed by atoms with E-state index in [9.17, 15) is 4.79 Å². The lowest BCUT2D eigenvalue weighted by Crippen LogP contribution is -2.40. The molecule has 2 amide bonds. The van der Waals surface area contributed by atoms with E-state index in [4.69, 9.17) is 5.26 Å². The van der Waals surface area contributed by atoms with Gasteiger partial charge in [-0.1, -0.05) is 55.8 Å². The van der Waals surface area contributed by atoms with Gasteiger partial charge in [0.1, 0.15) is 6.07 Å². The highest BCUT2D eigenvalue weighted by Gasteiger charge is 2.17. The van der Waals surface area contributed by atoms with Crippen molar-refractivity contribution >= 4 is 23.8 Å². The first-order valence-electron chi connectivity index (χ1n) is 13.5. The van der Waals surface area contributed by atoms with Gasteiger partial charge in [0.2, 0.25) is 0 Å². The topological polar surface area (TPSA) is 107 Å². The van der Waals surface area contributed by atoms with Crippen molar-refractivity contribution in [2.75, 3.05) is 11.4 Å². The molecule has 0 bridgehead atoms. The zero-order chi connectivity index (χ0) is 28.0. The van der Waals surface area contributed by atoms with Crippen LogP contribution in [0.15, 0.2) is 96.5 Å². The van der Waals surface area contributed by atoms with Gasteiger partial charge in [0.25, 0.3) is 0 Å². The predicted molar refractivity (Wildman–Crippen MR) is 158 cm³/mol.